The minimum Gasteiger partial charge on any atom is -0.223 e. The van der Waals surface area contributed by atoms with E-state index in [2.05, 4.69) is 0 Å². The first-order valence-corrected chi connectivity index (χ1v) is 6.52. The molecule has 0 saturated carbocycles. The van der Waals surface area contributed by atoms with Gasteiger partial charge in [-0.05, 0) is 32.9 Å². The van der Waals surface area contributed by atoms with Crippen LogP contribution < -0.4 is 0 Å². The summed E-state index contributed by atoms with van der Waals surface area (Å²) in [4.78, 5) is 0.398. The van der Waals surface area contributed by atoms with Crippen molar-refractivity contribution in [2.24, 2.45) is 0 Å². The van der Waals surface area contributed by atoms with E-state index >= 15 is 0 Å². The molecule has 0 heterocycles. The van der Waals surface area contributed by atoms with Gasteiger partial charge in [0.2, 0.25) is 0 Å². The van der Waals surface area contributed by atoms with Crippen LogP contribution in [0.3, 0.4) is 0 Å². The van der Waals surface area contributed by atoms with Crippen LogP contribution in [-0.4, -0.2) is 14.2 Å². The van der Waals surface area contributed by atoms with Crippen LogP contribution >= 0.6 is 0 Å². The predicted octanol–water partition coefficient (Wildman–Crippen LogP) is 2.73. The highest BCUT2D eigenvalue weighted by Crippen LogP contribution is 2.14. The molecule has 0 bridgehead atoms. The van der Waals surface area contributed by atoms with E-state index in [-0.39, 0.29) is 5.75 Å². The molecule has 0 aliphatic rings. The molecule has 0 saturated heterocycles. The molecule has 0 aromatic heterocycles. The van der Waals surface area contributed by atoms with Gasteiger partial charge in [0, 0.05) is 0 Å². The maximum atomic E-state index is 11.9. The normalized spacial score (nSPS) is 12.9. The van der Waals surface area contributed by atoms with Gasteiger partial charge in [0.05, 0.1) is 10.6 Å². The lowest BCUT2D eigenvalue weighted by molar-refractivity contribution is 0.598. The minimum atomic E-state index is -3.16. The Hall–Kier alpha value is -1.09. The lowest BCUT2D eigenvalue weighted by atomic mass is 10.2. The van der Waals surface area contributed by atoms with E-state index in [4.69, 9.17) is 0 Å². The van der Waals surface area contributed by atoms with Crippen molar-refractivity contribution in [3.8, 4) is 0 Å². The fourth-order valence-corrected chi connectivity index (χ4v) is 2.70. The van der Waals surface area contributed by atoms with Crippen molar-refractivity contribution in [3.63, 3.8) is 0 Å². The third-order valence-electron chi connectivity index (χ3n) is 2.29. The maximum Gasteiger partial charge on any atom is 0.182 e. The molecular formula is C12H16O2S. The third kappa shape index (κ3) is 3.20. The highest BCUT2D eigenvalue weighted by Gasteiger charge is 2.13. The standard InChI is InChI=1S/C12H16O2S/c1-4-10(2)9-15(13,14)12-7-5-11(3)6-8-12/h4-8H,9H2,1-3H3/b10-4+. The number of hydrogen-bond donors (Lipinski definition) is 0. The second-order valence-corrected chi connectivity index (χ2v) is 5.70. The van der Waals surface area contributed by atoms with Gasteiger partial charge in [-0.3, -0.25) is 0 Å². The van der Waals surface area contributed by atoms with Gasteiger partial charge >= 0.3 is 0 Å². The fourth-order valence-electron chi connectivity index (χ4n) is 1.21. The molecule has 0 fully saturated rings. The Bertz CT molecular complexity index is 453. The zero-order valence-corrected chi connectivity index (χ0v) is 10.1. The second kappa shape index (κ2) is 4.62. The summed E-state index contributed by atoms with van der Waals surface area (Å²) >= 11 is 0. The van der Waals surface area contributed by atoms with E-state index in [0.717, 1.165) is 11.1 Å². The first kappa shape index (κ1) is 12.0. The Morgan fingerprint density at radius 2 is 1.80 bits per heavy atom. The highest BCUT2D eigenvalue weighted by atomic mass is 32.2. The Kier molecular flexibility index (Phi) is 3.69. The van der Waals surface area contributed by atoms with Crippen LogP contribution in [0.25, 0.3) is 0 Å². The first-order chi connectivity index (χ1) is 6.95. The molecule has 0 atom stereocenters. The van der Waals surface area contributed by atoms with Crippen molar-refractivity contribution in [2.45, 2.75) is 25.7 Å². The fraction of sp³-hybridized carbons (Fsp3) is 0.333. The molecule has 0 amide bonds. The number of benzene rings is 1. The Morgan fingerprint density at radius 1 is 1.27 bits per heavy atom. The zero-order chi connectivity index (χ0) is 11.5. The lowest BCUT2D eigenvalue weighted by Crippen LogP contribution is -2.07. The molecule has 15 heavy (non-hydrogen) atoms. The largest absolute Gasteiger partial charge is 0.223 e. The van der Waals surface area contributed by atoms with Crippen LogP contribution in [0.5, 0.6) is 0 Å². The average molecular weight is 224 g/mol. The van der Waals surface area contributed by atoms with Crippen molar-refractivity contribution in [3.05, 3.63) is 41.5 Å². The van der Waals surface area contributed by atoms with Gasteiger partial charge in [0.15, 0.2) is 9.84 Å². The van der Waals surface area contributed by atoms with Gasteiger partial charge in [0.1, 0.15) is 0 Å². The molecule has 0 aliphatic carbocycles. The quantitative estimate of drug-likeness (QED) is 0.740. The van der Waals surface area contributed by atoms with Crippen LogP contribution in [0.1, 0.15) is 19.4 Å². The molecule has 0 aliphatic heterocycles. The summed E-state index contributed by atoms with van der Waals surface area (Å²) in [6.45, 7) is 5.61. The molecule has 82 valence electrons. The second-order valence-electron chi connectivity index (χ2n) is 3.71. The number of rotatable bonds is 3. The van der Waals surface area contributed by atoms with Crippen molar-refractivity contribution in [1.29, 1.82) is 0 Å². The van der Waals surface area contributed by atoms with Gasteiger partial charge in [-0.15, -0.1) is 0 Å². The monoisotopic (exact) mass is 224 g/mol. The summed E-state index contributed by atoms with van der Waals surface area (Å²) in [6.07, 6.45) is 1.83. The maximum absolute atomic E-state index is 11.9. The predicted molar refractivity (Wildman–Crippen MR) is 62.7 cm³/mol. The molecule has 1 rings (SSSR count). The summed E-state index contributed by atoms with van der Waals surface area (Å²) in [7, 11) is -3.16. The number of aryl methyl sites for hydroxylation is 1. The Balaban J connectivity index is 3.02. The zero-order valence-electron chi connectivity index (χ0n) is 9.32. The van der Waals surface area contributed by atoms with E-state index in [1.54, 1.807) is 12.1 Å². The molecule has 1 aromatic carbocycles. The van der Waals surface area contributed by atoms with E-state index in [0.29, 0.717) is 4.90 Å². The summed E-state index contributed by atoms with van der Waals surface area (Å²) in [6, 6.07) is 6.96. The van der Waals surface area contributed by atoms with Gasteiger partial charge < -0.3 is 0 Å². The smallest absolute Gasteiger partial charge is 0.182 e. The molecule has 0 radical (unpaired) electrons. The van der Waals surface area contributed by atoms with E-state index in [1.165, 1.54) is 0 Å². The van der Waals surface area contributed by atoms with E-state index in [9.17, 15) is 8.42 Å². The molecule has 2 nitrogen and oxygen atoms in total. The van der Waals surface area contributed by atoms with Gasteiger partial charge in [-0.25, -0.2) is 8.42 Å². The molecule has 0 unspecified atom stereocenters. The molecule has 0 spiro atoms. The SMILES string of the molecule is C/C=C(\C)CS(=O)(=O)c1ccc(C)cc1. The summed E-state index contributed by atoms with van der Waals surface area (Å²) in [5.74, 6) is 0.104. The van der Waals surface area contributed by atoms with E-state index in [1.807, 2.05) is 39.0 Å². The molecular weight excluding hydrogens is 208 g/mol. The van der Waals surface area contributed by atoms with Gasteiger partial charge in [-0.2, -0.15) is 0 Å². The first-order valence-electron chi connectivity index (χ1n) is 4.87. The van der Waals surface area contributed by atoms with Crippen molar-refractivity contribution < 1.29 is 8.42 Å². The van der Waals surface area contributed by atoms with Crippen molar-refractivity contribution in [2.75, 3.05) is 5.75 Å². The average Bonchev–Trinajstić information content (AvgIpc) is 2.17. The number of hydrogen-bond acceptors (Lipinski definition) is 2. The minimum absolute atomic E-state index is 0.104. The van der Waals surface area contributed by atoms with Crippen LogP contribution in [0.2, 0.25) is 0 Å². The topological polar surface area (TPSA) is 34.1 Å². The Labute approximate surface area is 91.6 Å². The number of allylic oxidation sites excluding steroid dienone is 1. The van der Waals surface area contributed by atoms with Crippen LogP contribution in [0.4, 0.5) is 0 Å². The highest BCUT2D eigenvalue weighted by molar-refractivity contribution is 7.91. The molecule has 0 N–H and O–H groups in total. The van der Waals surface area contributed by atoms with Crippen molar-refractivity contribution >= 4 is 9.84 Å². The van der Waals surface area contributed by atoms with Gasteiger partial charge in [-0.1, -0.05) is 29.3 Å². The van der Waals surface area contributed by atoms with Crippen molar-refractivity contribution in [1.82, 2.24) is 0 Å². The number of sulfone groups is 1. The third-order valence-corrected chi connectivity index (χ3v) is 4.12. The van der Waals surface area contributed by atoms with Crippen LogP contribution in [0.15, 0.2) is 40.8 Å². The summed E-state index contributed by atoms with van der Waals surface area (Å²) in [5.41, 5.74) is 1.94. The van der Waals surface area contributed by atoms with Crippen LogP contribution in [-0.2, 0) is 9.84 Å². The van der Waals surface area contributed by atoms with Gasteiger partial charge in [0.25, 0.3) is 0 Å². The summed E-state index contributed by atoms with van der Waals surface area (Å²) < 4.78 is 23.7. The van der Waals surface area contributed by atoms with E-state index < -0.39 is 9.84 Å². The summed E-state index contributed by atoms with van der Waals surface area (Å²) in [5, 5.41) is 0. The molecule has 1 aromatic rings. The van der Waals surface area contributed by atoms with Crippen LogP contribution in [0, 0.1) is 6.92 Å². The lowest BCUT2D eigenvalue weighted by Gasteiger charge is -2.04. The molecule has 3 heteroatoms. The Morgan fingerprint density at radius 3 is 2.27 bits per heavy atom.